The Kier molecular flexibility index (Phi) is 3.62. The van der Waals surface area contributed by atoms with Gasteiger partial charge < -0.3 is 4.90 Å². The maximum Gasteiger partial charge on any atom is 0.327 e. The van der Waals surface area contributed by atoms with Gasteiger partial charge in [-0.25, -0.2) is 9.18 Å². The van der Waals surface area contributed by atoms with Gasteiger partial charge in [0.1, 0.15) is 12.4 Å². The van der Waals surface area contributed by atoms with Crippen LogP contribution < -0.4 is 0 Å². The van der Waals surface area contributed by atoms with Crippen LogP contribution in [0.25, 0.3) is 0 Å². The lowest BCUT2D eigenvalue weighted by molar-refractivity contribution is -0.125. The lowest BCUT2D eigenvalue weighted by Gasteiger charge is -2.17. The zero-order chi connectivity index (χ0) is 15.7. The summed E-state index contributed by atoms with van der Waals surface area (Å²) in [5.41, 5.74) is 1.84. The molecule has 1 N–H and O–H groups in total. The second kappa shape index (κ2) is 5.59. The molecule has 22 heavy (non-hydrogen) atoms. The van der Waals surface area contributed by atoms with E-state index >= 15 is 0 Å². The topological polar surface area (TPSA) is 69.3 Å². The minimum atomic E-state index is -0.372. The van der Waals surface area contributed by atoms with Gasteiger partial charge in [-0.05, 0) is 30.2 Å². The van der Waals surface area contributed by atoms with Crippen LogP contribution in [0.4, 0.5) is 9.18 Å². The molecule has 1 saturated heterocycles. The summed E-state index contributed by atoms with van der Waals surface area (Å²) < 4.78 is 13.6. The van der Waals surface area contributed by atoms with Gasteiger partial charge in [0.05, 0.1) is 18.8 Å². The van der Waals surface area contributed by atoms with Gasteiger partial charge in [-0.2, -0.15) is 5.10 Å². The highest BCUT2D eigenvalue weighted by atomic mass is 19.1. The fraction of sp³-hybridized carbons (Fsp3) is 0.267. The number of amides is 3. The van der Waals surface area contributed by atoms with Gasteiger partial charge in [-0.15, -0.1) is 0 Å². The predicted molar refractivity (Wildman–Crippen MR) is 76.1 cm³/mol. The Hall–Kier alpha value is -2.70. The van der Waals surface area contributed by atoms with E-state index in [0.717, 1.165) is 10.6 Å². The smallest absolute Gasteiger partial charge is 0.309 e. The van der Waals surface area contributed by atoms with Gasteiger partial charge in [0.25, 0.3) is 5.91 Å². The van der Waals surface area contributed by atoms with Gasteiger partial charge >= 0.3 is 6.03 Å². The normalized spacial score (nSPS) is 15.0. The molecule has 0 atom stereocenters. The number of aromatic nitrogens is 2. The monoisotopic (exact) mass is 302 g/mol. The Bertz CT molecular complexity index is 714. The van der Waals surface area contributed by atoms with Crippen molar-refractivity contribution in [2.75, 3.05) is 6.54 Å². The van der Waals surface area contributed by atoms with E-state index in [4.69, 9.17) is 0 Å². The minimum absolute atomic E-state index is 0.0201. The fourth-order valence-corrected chi connectivity index (χ4v) is 2.45. The number of rotatable bonds is 4. The van der Waals surface area contributed by atoms with Crippen LogP contribution in [-0.2, 0) is 17.9 Å². The van der Waals surface area contributed by atoms with E-state index in [2.05, 4.69) is 10.2 Å². The highest BCUT2D eigenvalue weighted by Crippen LogP contribution is 2.19. The molecule has 0 unspecified atom stereocenters. The van der Waals surface area contributed by atoms with Gasteiger partial charge in [0.2, 0.25) is 0 Å². The third-order valence-electron chi connectivity index (χ3n) is 3.76. The van der Waals surface area contributed by atoms with Crippen molar-refractivity contribution in [2.45, 2.75) is 20.0 Å². The van der Waals surface area contributed by atoms with Gasteiger partial charge in [-0.1, -0.05) is 12.1 Å². The van der Waals surface area contributed by atoms with Crippen LogP contribution in [0.3, 0.4) is 0 Å². The molecule has 3 rings (SSSR count). The lowest BCUT2D eigenvalue weighted by atomic mass is 10.1. The first-order chi connectivity index (χ1) is 10.6. The molecule has 2 aromatic rings. The molecule has 1 aliphatic heterocycles. The zero-order valence-electron chi connectivity index (χ0n) is 12.0. The zero-order valence-corrected chi connectivity index (χ0v) is 12.0. The Morgan fingerprint density at radius 3 is 2.82 bits per heavy atom. The number of hydrogen-bond acceptors (Lipinski definition) is 3. The third-order valence-corrected chi connectivity index (χ3v) is 3.76. The molecule has 0 bridgehead atoms. The van der Waals surface area contributed by atoms with Crippen LogP contribution in [0.5, 0.6) is 0 Å². The number of H-pyrrole nitrogens is 1. The number of urea groups is 1. The molecule has 0 aliphatic carbocycles. The van der Waals surface area contributed by atoms with Gasteiger partial charge in [-0.3, -0.25) is 14.8 Å². The lowest BCUT2D eigenvalue weighted by Crippen LogP contribution is -2.32. The van der Waals surface area contributed by atoms with Crippen molar-refractivity contribution < 1.29 is 14.0 Å². The molecule has 1 aliphatic rings. The van der Waals surface area contributed by atoms with Crippen LogP contribution in [0.15, 0.2) is 30.5 Å². The molecule has 0 saturated carbocycles. The number of imide groups is 1. The van der Waals surface area contributed by atoms with Gasteiger partial charge in [0.15, 0.2) is 0 Å². The number of halogens is 1. The first-order valence-corrected chi connectivity index (χ1v) is 6.88. The maximum atomic E-state index is 13.6. The van der Waals surface area contributed by atoms with Crippen LogP contribution in [0.2, 0.25) is 0 Å². The molecule has 2 heterocycles. The van der Waals surface area contributed by atoms with Crippen LogP contribution in [0, 0.1) is 12.7 Å². The maximum absolute atomic E-state index is 13.6. The summed E-state index contributed by atoms with van der Waals surface area (Å²) in [5.74, 6) is -0.626. The van der Waals surface area contributed by atoms with E-state index in [1.54, 1.807) is 31.3 Å². The summed E-state index contributed by atoms with van der Waals surface area (Å²) >= 11 is 0. The quantitative estimate of drug-likeness (QED) is 0.876. The van der Waals surface area contributed by atoms with Crippen LogP contribution in [-0.4, -0.2) is 38.5 Å². The molecule has 0 radical (unpaired) electrons. The predicted octanol–water partition coefficient (Wildman–Crippen LogP) is 1.82. The Morgan fingerprint density at radius 1 is 1.27 bits per heavy atom. The number of nitrogens with one attached hydrogen (secondary N) is 1. The second-order valence-electron chi connectivity index (χ2n) is 5.22. The summed E-state index contributed by atoms with van der Waals surface area (Å²) in [4.78, 5) is 27.0. The molecule has 3 amide bonds. The van der Waals surface area contributed by atoms with Crippen molar-refractivity contribution in [1.29, 1.82) is 0 Å². The van der Waals surface area contributed by atoms with E-state index in [1.807, 2.05) is 0 Å². The average Bonchev–Trinajstić information content (AvgIpc) is 3.08. The van der Waals surface area contributed by atoms with Gasteiger partial charge in [0, 0.05) is 6.20 Å². The summed E-state index contributed by atoms with van der Waals surface area (Å²) in [6.45, 7) is 2.04. The number of benzene rings is 1. The van der Waals surface area contributed by atoms with Crippen molar-refractivity contribution in [3.63, 3.8) is 0 Å². The minimum Gasteiger partial charge on any atom is -0.309 e. The summed E-state index contributed by atoms with van der Waals surface area (Å²) in [7, 11) is 0. The molecule has 0 spiro atoms. The van der Waals surface area contributed by atoms with E-state index < -0.39 is 0 Å². The van der Waals surface area contributed by atoms with Crippen LogP contribution >= 0.6 is 0 Å². The Balaban J connectivity index is 1.75. The molecule has 1 aromatic carbocycles. The third kappa shape index (κ3) is 2.57. The average molecular weight is 302 g/mol. The van der Waals surface area contributed by atoms with Crippen molar-refractivity contribution >= 4 is 11.9 Å². The molecular formula is C15H15FN4O2. The highest BCUT2D eigenvalue weighted by Gasteiger charge is 2.36. The fourth-order valence-electron chi connectivity index (χ4n) is 2.45. The molecule has 1 fully saturated rings. The summed E-state index contributed by atoms with van der Waals surface area (Å²) in [6.07, 6.45) is 1.59. The number of hydrogen-bond donors (Lipinski definition) is 1. The van der Waals surface area contributed by atoms with Crippen molar-refractivity contribution in [1.82, 2.24) is 20.0 Å². The van der Waals surface area contributed by atoms with E-state index in [-0.39, 0.29) is 30.8 Å². The standard InChI is InChI=1S/C15H15FN4O2/c1-10-11(3-2-4-13(10)16)7-20-14(21)9-19(15(20)22)8-12-5-6-17-18-12/h2-6H,7-9H2,1H3,(H,17,18). The molecular weight excluding hydrogens is 287 g/mol. The van der Waals surface area contributed by atoms with Crippen molar-refractivity contribution in [2.24, 2.45) is 0 Å². The molecule has 114 valence electrons. The van der Waals surface area contributed by atoms with E-state index in [9.17, 15) is 14.0 Å². The largest absolute Gasteiger partial charge is 0.327 e. The summed E-state index contributed by atoms with van der Waals surface area (Å²) in [5, 5.41) is 6.57. The Labute approximate surface area is 126 Å². The summed E-state index contributed by atoms with van der Waals surface area (Å²) in [6, 6.07) is 6.03. The highest BCUT2D eigenvalue weighted by molar-refractivity contribution is 6.01. The number of carbonyl (C=O) groups is 2. The second-order valence-corrected chi connectivity index (χ2v) is 5.22. The molecule has 1 aromatic heterocycles. The Morgan fingerprint density at radius 2 is 2.09 bits per heavy atom. The van der Waals surface area contributed by atoms with E-state index in [0.29, 0.717) is 17.7 Å². The SMILES string of the molecule is Cc1c(F)cccc1CN1C(=O)CN(Cc2ccn[nH]2)C1=O. The van der Waals surface area contributed by atoms with Crippen LogP contribution in [0.1, 0.15) is 16.8 Å². The number of nitrogens with zero attached hydrogens (tertiary/aromatic N) is 3. The van der Waals surface area contributed by atoms with Crippen molar-refractivity contribution in [3.8, 4) is 0 Å². The molecule has 6 nitrogen and oxygen atoms in total. The van der Waals surface area contributed by atoms with Crippen molar-refractivity contribution in [3.05, 3.63) is 53.1 Å². The molecule has 7 heteroatoms. The number of carbonyl (C=O) groups excluding carboxylic acids is 2. The van der Waals surface area contributed by atoms with E-state index in [1.165, 1.54) is 11.0 Å². The first-order valence-electron chi connectivity index (χ1n) is 6.88. The number of aromatic amines is 1. The first kappa shape index (κ1) is 14.2.